The molecule has 4 nitrogen and oxygen atoms in total. The highest BCUT2D eigenvalue weighted by Crippen LogP contribution is 2.64. The van der Waals surface area contributed by atoms with Crippen LogP contribution in [-0.2, 0) is 11.8 Å². The maximum Gasteiger partial charge on any atom is 0.165 e. The van der Waals surface area contributed by atoms with Crippen molar-refractivity contribution in [2.75, 3.05) is 0 Å². The number of Topliss-reactive ketones (excluding diaryl/α,β-unsaturated/α-hetero) is 1. The smallest absolute Gasteiger partial charge is 0.165 e. The molecule has 0 saturated heterocycles. The number of hydrogen-bond donors (Lipinski definition) is 1. The predicted octanol–water partition coefficient (Wildman–Crippen LogP) is 4.61. The highest BCUT2D eigenvalue weighted by atomic mass is 16.3. The Morgan fingerprint density at radius 2 is 1.93 bits per heavy atom. The fraction of sp³-hybridized carbons (Fsp3) is 0.680. The van der Waals surface area contributed by atoms with Crippen LogP contribution in [0.4, 0.5) is 0 Å². The molecule has 1 heterocycles. The molecule has 5 rings (SSSR count). The Bertz CT molecular complexity index is 925. The second-order valence-corrected chi connectivity index (χ2v) is 10.7. The highest BCUT2D eigenvalue weighted by Gasteiger charge is 2.59. The Balaban J connectivity index is 1.49. The van der Waals surface area contributed by atoms with Gasteiger partial charge in [-0.3, -0.25) is 9.48 Å². The number of fused-ring (bicyclic) bond motifs is 5. The summed E-state index contributed by atoms with van der Waals surface area (Å²) < 4.78 is 1.83. The maximum atomic E-state index is 13.5. The summed E-state index contributed by atoms with van der Waals surface area (Å²) in [7, 11) is 1.94. The molecule has 4 heteroatoms. The van der Waals surface area contributed by atoms with Crippen LogP contribution >= 0.6 is 0 Å². The van der Waals surface area contributed by atoms with Crippen LogP contribution in [0.5, 0.6) is 0 Å². The molecule has 0 aliphatic heterocycles. The van der Waals surface area contributed by atoms with Crippen LogP contribution in [0, 0.1) is 35.5 Å². The SMILES string of the molecule is Cc1nn(C)cc1/C=C1/C[C@H]2[C@@H]3CC=C4C[C@@H](O)CC[C@]4(C)[C@H]3CC[C@]2(C)C1=O. The fourth-order valence-electron chi connectivity index (χ4n) is 7.39. The summed E-state index contributed by atoms with van der Waals surface area (Å²) in [6.07, 6.45) is 13.4. The molecule has 0 amide bonds. The van der Waals surface area contributed by atoms with Gasteiger partial charge in [-0.05, 0) is 86.7 Å². The summed E-state index contributed by atoms with van der Waals surface area (Å²) in [5.74, 6) is 2.06. The first kappa shape index (κ1) is 19.3. The molecular formula is C25H34N2O2. The lowest BCUT2D eigenvalue weighted by Crippen LogP contribution is -2.50. The fourth-order valence-corrected chi connectivity index (χ4v) is 7.39. The normalized spacial score (nSPS) is 43.0. The number of aryl methyl sites for hydroxylation is 2. The molecule has 1 aromatic heterocycles. The lowest BCUT2D eigenvalue weighted by Gasteiger charge is -2.56. The number of rotatable bonds is 1. The molecule has 0 aromatic carbocycles. The van der Waals surface area contributed by atoms with Crippen LogP contribution in [-0.4, -0.2) is 26.8 Å². The minimum atomic E-state index is -0.209. The molecule has 0 bridgehead atoms. The Hall–Kier alpha value is -1.68. The van der Waals surface area contributed by atoms with E-state index in [1.165, 1.54) is 5.57 Å². The Labute approximate surface area is 174 Å². The molecule has 1 aromatic rings. The summed E-state index contributed by atoms with van der Waals surface area (Å²) in [6.45, 7) is 6.69. The van der Waals surface area contributed by atoms with Crippen molar-refractivity contribution in [3.05, 3.63) is 34.7 Å². The largest absolute Gasteiger partial charge is 0.393 e. The zero-order valence-corrected chi connectivity index (χ0v) is 18.2. The van der Waals surface area contributed by atoms with Gasteiger partial charge in [-0.25, -0.2) is 0 Å². The average molecular weight is 395 g/mol. The van der Waals surface area contributed by atoms with Crippen molar-refractivity contribution in [3.8, 4) is 0 Å². The number of hydrogen-bond acceptors (Lipinski definition) is 3. The number of carbonyl (C=O) groups excluding carboxylic acids is 1. The molecule has 0 unspecified atom stereocenters. The summed E-state index contributed by atoms with van der Waals surface area (Å²) in [4.78, 5) is 13.5. The van der Waals surface area contributed by atoms with E-state index in [1.54, 1.807) is 0 Å². The number of nitrogens with zero attached hydrogens (tertiary/aromatic N) is 2. The lowest BCUT2D eigenvalue weighted by atomic mass is 9.48. The third kappa shape index (κ3) is 2.74. The Morgan fingerprint density at radius 1 is 1.17 bits per heavy atom. The van der Waals surface area contributed by atoms with Gasteiger partial charge in [-0.1, -0.05) is 25.5 Å². The summed E-state index contributed by atoms with van der Waals surface area (Å²) in [5.41, 5.74) is 4.58. The minimum Gasteiger partial charge on any atom is -0.393 e. The highest BCUT2D eigenvalue weighted by molar-refractivity contribution is 6.06. The van der Waals surface area contributed by atoms with Gasteiger partial charge in [0.2, 0.25) is 0 Å². The van der Waals surface area contributed by atoms with E-state index in [2.05, 4.69) is 31.1 Å². The standard InChI is InChI=1S/C25H34N2O2/c1-15-17(14-27(4)26-15)11-16-12-22-20-6-5-18-13-19(28)7-9-24(18,2)21(20)8-10-25(22,3)23(16)29/h5,11,14,19-22,28H,6-10,12-13H2,1-4H3/b16-11-/t19-,20+,21-,22-,24-,25-/m0/s1. The van der Waals surface area contributed by atoms with Crippen molar-refractivity contribution in [2.45, 2.75) is 71.8 Å². The monoisotopic (exact) mass is 394 g/mol. The van der Waals surface area contributed by atoms with Crippen LogP contribution in [0.25, 0.3) is 6.08 Å². The van der Waals surface area contributed by atoms with Crippen LogP contribution in [0.2, 0.25) is 0 Å². The molecule has 0 spiro atoms. The number of aliphatic hydroxyl groups excluding tert-OH is 1. The van der Waals surface area contributed by atoms with Crippen molar-refractivity contribution in [1.29, 1.82) is 0 Å². The first-order valence-electron chi connectivity index (χ1n) is 11.4. The second kappa shape index (κ2) is 6.41. The maximum absolute atomic E-state index is 13.5. The molecule has 3 fully saturated rings. The molecule has 156 valence electrons. The van der Waals surface area contributed by atoms with Crippen molar-refractivity contribution < 1.29 is 9.90 Å². The van der Waals surface area contributed by atoms with Gasteiger partial charge < -0.3 is 5.11 Å². The molecule has 29 heavy (non-hydrogen) atoms. The summed E-state index contributed by atoms with van der Waals surface area (Å²) in [6, 6.07) is 0. The number of aromatic nitrogens is 2. The first-order valence-corrected chi connectivity index (χ1v) is 11.4. The molecule has 6 atom stereocenters. The van der Waals surface area contributed by atoms with Gasteiger partial charge in [0.1, 0.15) is 0 Å². The number of aliphatic hydroxyl groups is 1. The predicted molar refractivity (Wildman–Crippen MR) is 114 cm³/mol. The minimum absolute atomic E-state index is 0.162. The van der Waals surface area contributed by atoms with E-state index >= 15 is 0 Å². The molecular weight excluding hydrogens is 360 g/mol. The topological polar surface area (TPSA) is 55.1 Å². The Kier molecular flexibility index (Phi) is 4.26. The quantitative estimate of drug-likeness (QED) is 0.559. The third-order valence-electron chi connectivity index (χ3n) is 9.10. The van der Waals surface area contributed by atoms with Crippen LogP contribution in [0.15, 0.2) is 23.4 Å². The molecule has 1 N–H and O–H groups in total. The average Bonchev–Trinajstić information content (AvgIpc) is 3.12. The van der Waals surface area contributed by atoms with Gasteiger partial charge in [0.15, 0.2) is 5.78 Å². The zero-order valence-electron chi connectivity index (χ0n) is 18.2. The van der Waals surface area contributed by atoms with Crippen molar-refractivity contribution in [1.82, 2.24) is 9.78 Å². The van der Waals surface area contributed by atoms with Gasteiger partial charge in [0.25, 0.3) is 0 Å². The van der Waals surface area contributed by atoms with Crippen molar-refractivity contribution in [3.63, 3.8) is 0 Å². The van der Waals surface area contributed by atoms with Crippen LogP contribution in [0.1, 0.15) is 70.1 Å². The van der Waals surface area contributed by atoms with Gasteiger partial charge >= 0.3 is 0 Å². The Morgan fingerprint density at radius 3 is 2.66 bits per heavy atom. The van der Waals surface area contributed by atoms with E-state index in [-0.39, 0.29) is 16.9 Å². The molecule has 0 radical (unpaired) electrons. The van der Waals surface area contributed by atoms with Crippen LogP contribution in [0.3, 0.4) is 0 Å². The number of allylic oxidation sites excluding steroid dienone is 2. The van der Waals surface area contributed by atoms with E-state index in [9.17, 15) is 9.90 Å². The number of carbonyl (C=O) groups is 1. The second-order valence-electron chi connectivity index (χ2n) is 10.7. The lowest BCUT2D eigenvalue weighted by molar-refractivity contribution is -0.130. The third-order valence-corrected chi connectivity index (χ3v) is 9.10. The summed E-state index contributed by atoms with van der Waals surface area (Å²) >= 11 is 0. The zero-order chi connectivity index (χ0) is 20.6. The van der Waals surface area contributed by atoms with Crippen molar-refractivity contribution in [2.24, 2.45) is 35.6 Å². The molecule has 3 saturated carbocycles. The van der Waals surface area contributed by atoms with E-state index in [1.807, 2.05) is 24.9 Å². The number of ketones is 1. The molecule has 4 aliphatic carbocycles. The van der Waals surface area contributed by atoms with Crippen LogP contribution < -0.4 is 0 Å². The summed E-state index contributed by atoms with van der Waals surface area (Å²) in [5, 5.41) is 14.6. The van der Waals surface area contributed by atoms with Gasteiger partial charge in [0.05, 0.1) is 11.8 Å². The van der Waals surface area contributed by atoms with E-state index in [0.717, 1.165) is 61.8 Å². The van der Waals surface area contributed by atoms with E-state index in [0.29, 0.717) is 23.5 Å². The van der Waals surface area contributed by atoms with E-state index < -0.39 is 0 Å². The molecule has 4 aliphatic rings. The van der Waals surface area contributed by atoms with Crippen molar-refractivity contribution >= 4 is 11.9 Å². The van der Waals surface area contributed by atoms with Gasteiger partial charge in [-0.2, -0.15) is 5.10 Å². The van der Waals surface area contributed by atoms with Gasteiger partial charge in [-0.15, -0.1) is 0 Å². The first-order chi connectivity index (χ1) is 13.7. The van der Waals surface area contributed by atoms with Gasteiger partial charge in [0, 0.05) is 24.2 Å². The van der Waals surface area contributed by atoms with E-state index in [4.69, 9.17) is 0 Å².